The molecule has 1 unspecified atom stereocenters. The van der Waals surface area contributed by atoms with Gasteiger partial charge in [0.15, 0.2) is 5.75 Å². The zero-order valence-corrected chi connectivity index (χ0v) is 8.76. The number of phenols is 1. The average Bonchev–Trinajstić information content (AvgIpc) is 2.68. The van der Waals surface area contributed by atoms with Gasteiger partial charge in [0.1, 0.15) is 0 Å². The number of nitrogens with two attached hydrogens (primary N) is 1. The summed E-state index contributed by atoms with van der Waals surface area (Å²) in [4.78, 5) is 13.5. The molecule has 0 bridgehead atoms. The lowest BCUT2D eigenvalue weighted by molar-refractivity contribution is 0.0762. The Kier molecular flexibility index (Phi) is 2.70. The first-order chi connectivity index (χ1) is 7.59. The van der Waals surface area contributed by atoms with Gasteiger partial charge in [0.2, 0.25) is 0 Å². The summed E-state index contributed by atoms with van der Waals surface area (Å²) in [6.07, 6.45) is 0.113. The number of carbonyl (C=O) groups is 1. The minimum Gasteiger partial charge on any atom is -0.505 e. The summed E-state index contributed by atoms with van der Waals surface area (Å²) in [6, 6.07) is 4.68. The fourth-order valence-corrected chi connectivity index (χ4v) is 1.83. The van der Waals surface area contributed by atoms with E-state index in [1.165, 1.54) is 17.0 Å². The Labute approximate surface area is 93.1 Å². The van der Waals surface area contributed by atoms with Gasteiger partial charge < -0.3 is 20.8 Å². The van der Waals surface area contributed by atoms with E-state index in [4.69, 9.17) is 5.73 Å². The highest BCUT2D eigenvalue weighted by molar-refractivity contribution is 5.98. The predicted octanol–water partition coefficient (Wildman–Crippen LogP) is 0.181. The minimum absolute atomic E-state index is 0.186. The van der Waals surface area contributed by atoms with E-state index in [-0.39, 0.29) is 22.9 Å². The number of β-amino-alcohol motifs (C(OH)–C–C–N with tert-alkyl or cyclic N) is 1. The molecule has 0 aliphatic carbocycles. The van der Waals surface area contributed by atoms with Gasteiger partial charge in [0.05, 0.1) is 17.4 Å². The van der Waals surface area contributed by atoms with E-state index < -0.39 is 6.10 Å². The number of aliphatic hydroxyl groups excluding tert-OH is 1. The normalized spacial score (nSPS) is 20.1. The Hall–Kier alpha value is -1.75. The quantitative estimate of drug-likeness (QED) is 0.467. The topological polar surface area (TPSA) is 86.8 Å². The summed E-state index contributed by atoms with van der Waals surface area (Å²) in [7, 11) is 0. The lowest BCUT2D eigenvalue weighted by Gasteiger charge is -2.16. The summed E-state index contributed by atoms with van der Waals surface area (Å²) in [5.74, 6) is -0.477. The second kappa shape index (κ2) is 4.02. The first-order valence-electron chi connectivity index (χ1n) is 5.14. The van der Waals surface area contributed by atoms with E-state index >= 15 is 0 Å². The van der Waals surface area contributed by atoms with Crippen molar-refractivity contribution in [1.82, 2.24) is 4.90 Å². The van der Waals surface area contributed by atoms with E-state index in [1.54, 1.807) is 6.07 Å². The van der Waals surface area contributed by atoms with Gasteiger partial charge in [-0.3, -0.25) is 4.79 Å². The lowest BCUT2D eigenvalue weighted by atomic mass is 10.1. The molecule has 5 nitrogen and oxygen atoms in total. The Balaban J connectivity index is 2.24. The fourth-order valence-electron chi connectivity index (χ4n) is 1.83. The molecule has 16 heavy (non-hydrogen) atoms. The van der Waals surface area contributed by atoms with Crippen LogP contribution in [0.25, 0.3) is 0 Å². The number of nitrogen functional groups attached to an aromatic ring is 1. The molecule has 0 saturated carbocycles. The monoisotopic (exact) mass is 222 g/mol. The molecule has 2 rings (SSSR count). The van der Waals surface area contributed by atoms with Crippen LogP contribution in [0.15, 0.2) is 18.2 Å². The van der Waals surface area contributed by atoms with Crippen LogP contribution in [-0.4, -0.2) is 40.2 Å². The molecule has 1 aliphatic rings. The number of rotatable bonds is 1. The third kappa shape index (κ3) is 1.81. The summed E-state index contributed by atoms with van der Waals surface area (Å²) in [6.45, 7) is 0.821. The summed E-state index contributed by atoms with van der Waals surface area (Å²) in [5.41, 5.74) is 5.89. The molecule has 1 aromatic carbocycles. The number of hydrogen-bond donors (Lipinski definition) is 3. The Bertz CT molecular complexity index is 420. The van der Waals surface area contributed by atoms with E-state index in [9.17, 15) is 15.0 Å². The largest absolute Gasteiger partial charge is 0.505 e. The summed E-state index contributed by atoms with van der Waals surface area (Å²) in [5, 5.41) is 19.0. The zero-order chi connectivity index (χ0) is 11.7. The molecular formula is C11H14N2O3. The Morgan fingerprint density at radius 1 is 1.50 bits per heavy atom. The molecule has 0 spiro atoms. The predicted molar refractivity (Wildman–Crippen MR) is 59.0 cm³/mol. The molecule has 0 aromatic heterocycles. The van der Waals surface area contributed by atoms with Crippen molar-refractivity contribution in [2.75, 3.05) is 18.8 Å². The number of benzene rings is 1. The van der Waals surface area contributed by atoms with Crippen molar-refractivity contribution in [3.63, 3.8) is 0 Å². The molecule has 5 heteroatoms. The third-order valence-corrected chi connectivity index (χ3v) is 2.75. The molecule has 1 heterocycles. The van der Waals surface area contributed by atoms with E-state index in [0.717, 1.165) is 0 Å². The molecule has 0 radical (unpaired) electrons. The van der Waals surface area contributed by atoms with Crippen LogP contribution in [0.5, 0.6) is 5.75 Å². The number of carbonyl (C=O) groups excluding carboxylic acids is 1. The van der Waals surface area contributed by atoms with Crippen LogP contribution >= 0.6 is 0 Å². The van der Waals surface area contributed by atoms with Gasteiger partial charge >= 0.3 is 0 Å². The van der Waals surface area contributed by atoms with Gasteiger partial charge in [0, 0.05) is 13.1 Å². The number of para-hydroxylation sites is 1. The molecule has 1 saturated heterocycles. The molecule has 4 N–H and O–H groups in total. The maximum absolute atomic E-state index is 12.0. The van der Waals surface area contributed by atoms with Crippen LogP contribution in [0.3, 0.4) is 0 Å². The maximum atomic E-state index is 12.0. The summed E-state index contributed by atoms with van der Waals surface area (Å²) >= 11 is 0. The molecule has 86 valence electrons. The summed E-state index contributed by atoms with van der Waals surface area (Å²) < 4.78 is 0. The van der Waals surface area contributed by atoms with Gasteiger partial charge in [-0.05, 0) is 18.6 Å². The fraction of sp³-hybridized carbons (Fsp3) is 0.364. The van der Waals surface area contributed by atoms with Crippen LogP contribution in [0.1, 0.15) is 16.8 Å². The van der Waals surface area contributed by atoms with Crippen molar-refractivity contribution in [2.45, 2.75) is 12.5 Å². The van der Waals surface area contributed by atoms with Gasteiger partial charge in [-0.1, -0.05) is 6.07 Å². The van der Waals surface area contributed by atoms with Crippen molar-refractivity contribution in [2.24, 2.45) is 0 Å². The second-order valence-electron chi connectivity index (χ2n) is 3.94. The van der Waals surface area contributed by atoms with Crippen LogP contribution in [-0.2, 0) is 0 Å². The van der Waals surface area contributed by atoms with Crippen LogP contribution in [0.4, 0.5) is 5.69 Å². The number of aliphatic hydroxyl groups is 1. The van der Waals surface area contributed by atoms with Crippen molar-refractivity contribution in [3.05, 3.63) is 23.8 Å². The average molecular weight is 222 g/mol. The number of hydrogen-bond acceptors (Lipinski definition) is 4. The van der Waals surface area contributed by atoms with Gasteiger partial charge in [-0.15, -0.1) is 0 Å². The van der Waals surface area contributed by atoms with Crippen LogP contribution in [0.2, 0.25) is 0 Å². The van der Waals surface area contributed by atoms with Crippen LogP contribution < -0.4 is 5.73 Å². The molecule has 1 atom stereocenters. The number of likely N-dealkylation sites (tertiary alicyclic amines) is 1. The first-order valence-corrected chi connectivity index (χ1v) is 5.14. The zero-order valence-electron chi connectivity index (χ0n) is 8.76. The standard InChI is InChI=1S/C11H14N2O3/c12-9-3-1-2-8(10(9)15)11(16)13-5-4-7(14)6-13/h1-3,7,14-15H,4-6,12H2. The van der Waals surface area contributed by atoms with Crippen molar-refractivity contribution < 1.29 is 15.0 Å². The van der Waals surface area contributed by atoms with Crippen molar-refractivity contribution in [1.29, 1.82) is 0 Å². The molecular weight excluding hydrogens is 208 g/mol. The number of anilines is 1. The second-order valence-corrected chi connectivity index (χ2v) is 3.94. The number of nitrogens with zero attached hydrogens (tertiary/aromatic N) is 1. The molecule has 1 amide bonds. The Morgan fingerprint density at radius 3 is 2.88 bits per heavy atom. The van der Waals surface area contributed by atoms with Gasteiger partial charge in [0.25, 0.3) is 5.91 Å². The smallest absolute Gasteiger partial charge is 0.257 e. The Morgan fingerprint density at radius 2 is 2.25 bits per heavy atom. The first kappa shape index (κ1) is 10.8. The number of amides is 1. The highest BCUT2D eigenvalue weighted by Crippen LogP contribution is 2.26. The van der Waals surface area contributed by atoms with Crippen molar-refractivity contribution >= 4 is 11.6 Å². The van der Waals surface area contributed by atoms with Crippen molar-refractivity contribution in [3.8, 4) is 5.75 Å². The molecule has 1 aliphatic heterocycles. The SMILES string of the molecule is Nc1cccc(C(=O)N2CCC(O)C2)c1O. The third-order valence-electron chi connectivity index (χ3n) is 2.75. The highest BCUT2D eigenvalue weighted by atomic mass is 16.3. The number of aromatic hydroxyl groups is 1. The maximum Gasteiger partial charge on any atom is 0.257 e. The van der Waals surface area contributed by atoms with Gasteiger partial charge in [-0.25, -0.2) is 0 Å². The number of phenolic OH excluding ortho intramolecular Hbond substituents is 1. The van der Waals surface area contributed by atoms with Crippen LogP contribution in [0, 0.1) is 0 Å². The minimum atomic E-state index is -0.466. The van der Waals surface area contributed by atoms with E-state index in [1.807, 2.05) is 0 Å². The van der Waals surface area contributed by atoms with E-state index in [2.05, 4.69) is 0 Å². The molecule has 1 fully saturated rings. The van der Waals surface area contributed by atoms with E-state index in [0.29, 0.717) is 19.5 Å². The lowest BCUT2D eigenvalue weighted by Crippen LogP contribution is -2.29. The molecule has 1 aromatic rings. The van der Waals surface area contributed by atoms with Gasteiger partial charge in [-0.2, -0.15) is 0 Å². The highest BCUT2D eigenvalue weighted by Gasteiger charge is 2.27.